The van der Waals surface area contributed by atoms with Crippen LogP contribution in [-0.2, 0) is 16.8 Å². The molecule has 150 valence electrons. The number of nitrogens with zero attached hydrogens (tertiary/aromatic N) is 4. The number of amides is 1. The minimum atomic E-state index is -0.0808. The molecule has 1 amide bonds. The van der Waals surface area contributed by atoms with E-state index in [2.05, 4.69) is 47.8 Å². The molecule has 3 aromatic rings. The lowest BCUT2D eigenvalue weighted by molar-refractivity contribution is -0.113. The molecular formula is C22H25N5OS. The van der Waals surface area contributed by atoms with Crippen molar-refractivity contribution in [2.24, 2.45) is 0 Å². The fourth-order valence-electron chi connectivity index (χ4n) is 2.96. The molecule has 0 fully saturated rings. The van der Waals surface area contributed by atoms with E-state index >= 15 is 0 Å². The van der Waals surface area contributed by atoms with Crippen LogP contribution in [0, 0.1) is 0 Å². The summed E-state index contributed by atoms with van der Waals surface area (Å²) in [5.74, 6) is 0.864. The van der Waals surface area contributed by atoms with Crippen molar-refractivity contribution in [1.29, 1.82) is 0 Å². The van der Waals surface area contributed by atoms with Gasteiger partial charge in [-0.25, -0.2) is 0 Å². The Bertz CT molecular complexity index is 992. The lowest BCUT2D eigenvalue weighted by atomic mass is 9.86. The maximum absolute atomic E-state index is 12.6. The summed E-state index contributed by atoms with van der Waals surface area (Å²) in [7, 11) is 0. The molecule has 0 atom stereocenters. The molecule has 2 heterocycles. The van der Waals surface area contributed by atoms with Crippen LogP contribution in [0.15, 0.2) is 66.6 Å². The Morgan fingerprint density at radius 3 is 2.69 bits per heavy atom. The van der Waals surface area contributed by atoms with Gasteiger partial charge >= 0.3 is 0 Å². The van der Waals surface area contributed by atoms with Crippen LogP contribution in [0.4, 0.5) is 5.69 Å². The molecule has 0 saturated carbocycles. The number of anilines is 1. The molecule has 29 heavy (non-hydrogen) atoms. The first-order valence-electron chi connectivity index (χ1n) is 9.37. The van der Waals surface area contributed by atoms with E-state index < -0.39 is 0 Å². The number of hydrogen-bond acceptors (Lipinski definition) is 5. The molecule has 0 radical (unpaired) electrons. The van der Waals surface area contributed by atoms with E-state index in [1.54, 1.807) is 18.5 Å². The van der Waals surface area contributed by atoms with Crippen molar-refractivity contribution in [2.75, 3.05) is 11.1 Å². The standard InChI is InChI=1S/C22H25N5OS/c1-5-13-27-20(16-9-8-12-23-14-16)25-26-21(27)29-15-19(28)24-18-11-7-6-10-17(18)22(2,3)4/h5-12,14H,1,13,15H2,2-4H3,(H,24,28). The van der Waals surface area contributed by atoms with Crippen molar-refractivity contribution in [3.8, 4) is 11.4 Å². The normalized spacial score (nSPS) is 11.3. The van der Waals surface area contributed by atoms with Crippen molar-refractivity contribution >= 4 is 23.4 Å². The van der Waals surface area contributed by atoms with E-state index in [-0.39, 0.29) is 17.1 Å². The van der Waals surface area contributed by atoms with Crippen LogP contribution in [0.5, 0.6) is 0 Å². The fraction of sp³-hybridized carbons (Fsp3) is 0.273. The van der Waals surface area contributed by atoms with Gasteiger partial charge in [-0.2, -0.15) is 0 Å². The number of allylic oxidation sites excluding steroid dienone is 1. The van der Waals surface area contributed by atoms with Crippen LogP contribution in [0.2, 0.25) is 0 Å². The number of aromatic nitrogens is 4. The van der Waals surface area contributed by atoms with Crippen molar-refractivity contribution in [1.82, 2.24) is 19.7 Å². The number of rotatable bonds is 7. The lowest BCUT2D eigenvalue weighted by Crippen LogP contribution is -2.20. The van der Waals surface area contributed by atoms with Gasteiger partial charge in [-0.15, -0.1) is 16.8 Å². The molecule has 1 N–H and O–H groups in total. The molecule has 7 heteroatoms. The summed E-state index contributed by atoms with van der Waals surface area (Å²) < 4.78 is 1.94. The Morgan fingerprint density at radius 2 is 2.00 bits per heavy atom. The average molecular weight is 408 g/mol. The monoisotopic (exact) mass is 407 g/mol. The van der Waals surface area contributed by atoms with Crippen molar-refractivity contribution in [2.45, 2.75) is 37.9 Å². The smallest absolute Gasteiger partial charge is 0.234 e. The minimum absolute atomic E-state index is 0.0558. The number of para-hydroxylation sites is 1. The molecule has 1 aromatic carbocycles. The summed E-state index contributed by atoms with van der Waals surface area (Å²) in [4.78, 5) is 16.7. The van der Waals surface area contributed by atoms with E-state index in [0.717, 1.165) is 16.8 Å². The van der Waals surface area contributed by atoms with Gasteiger partial charge in [-0.3, -0.25) is 14.3 Å². The molecule has 0 aliphatic carbocycles. The molecule has 0 spiro atoms. The second-order valence-corrected chi connectivity index (χ2v) is 8.52. The number of nitrogens with one attached hydrogen (secondary N) is 1. The van der Waals surface area contributed by atoms with Gasteiger partial charge in [0.25, 0.3) is 0 Å². The summed E-state index contributed by atoms with van der Waals surface area (Å²) in [6.07, 6.45) is 5.24. The maximum atomic E-state index is 12.6. The van der Waals surface area contributed by atoms with Gasteiger partial charge in [0.15, 0.2) is 11.0 Å². The maximum Gasteiger partial charge on any atom is 0.234 e. The third-order valence-corrected chi connectivity index (χ3v) is 5.26. The SMILES string of the molecule is C=CCn1c(SCC(=O)Nc2ccccc2C(C)(C)C)nnc1-c1cccnc1. The number of pyridine rings is 1. The van der Waals surface area contributed by atoms with E-state index in [0.29, 0.717) is 17.5 Å². The predicted molar refractivity (Wildman–Crippen MR) is 118 cm³/mol. The van der Waals surface area contributed by atoms with Crippen molar-refractivity contribution in [3.05, 3.63) is 67.0 Å². The number of carbonyl (C=O) groups is 1. The Balaban J connectivity index is 1.73. The molecule has 3 rings (SSSR count). The quantitative estimate of drug-likeness (QED) is 0.459. The Kier molecular flexibility index (Phi) is 6.49. The van der Waals surface area contributed by atoms with Crippen LogP contribution < -0.4 is 5.32 Å². The van der Waals surface area contributed by atoms with Crippen LogP contribution in [0.25, 0.3) is 11.4 Å². The molecular weight excluding hydrogens is 382 g/mol. The second-order valence-electron chi connectivity index (χ2n) is 7.58. The highest BCUT2D eigenvalue weighted by molar-refractivity contribution is 7.99. The molecule has 0 aliphatic rings. The Morgan fingerprint density at radius 1 is 1.21 bits per heavy atom. The molecule has 2 aromatic heterocycles. The zero-order valence-corrected chi connectivity index (χ0v) is 17.7. The van der Waals surface area contributed by atoms with E-state index in [1.807, 2.05) is 41.0 Å². The largest absolute Gasteiger partial charge is 0.325 e. The van der Waals surface area contributed by atoms with Gasteiger partial charge in [0, 0.05) is 30.2 Å². The third-order valence-electron chi connectivity index (χ3n) is 4.29. The molecule has 6 nitrogen and oxygen atoms in total. The molecule has 0 bridgehead atoms. The van der Waals surface area contributed by atoms with Crippen molar-refractivity contribution < 1.29 is 4.79 Å². The van der Waals surface area contributed by atoms with E-state index in [1.165, 1.54) is 11.8 Å². The first kappa shape index (κ1) is 20.8. The zero-order valence-electron chi connectivity index (χ0n) is 16.9. The Labute approximate surface area is 175 Å². The highest BCUT2D eigenvalue weighted by atomic mass is 32.2. The van der Waals surface area contributed by atoms with Gasteiger partial charge in [-0.1, -0.05) is 56.8 Å². The van der Waals surface area contributed by atoms with Crippen LogP contribution in [-0.4, -0.2) is 31.4 Å². The number of carbonyl (C=O) groups excluding carboxylic acids is 1. The van der Waals surface area contributed by atoms with E-state index in [9.17, 15) is 4.79 Å². The second kappa shape index (κ2) is 9.05. The first-order valence-corrected chi connectivity index (χ1v) is 10.4. The summed E-state index contributed by atoms with van der Waals surface area (Å²) in [6.45, 7) is 10.8. The van der Waals surface area contributed by atoms with Gasteiger partial charge < -0.3 is 5.32 Å². The van der Waals surface area contributed by atoms with E-state index in [4.69, 9.17) is 0 Å². The highest BCUT2D eigenvalue weighted by Crippen LogP contribution is 2.29. The highest BCUT2D eigenvalue weighted by Gasteiger charge is 2.19. The number of hydrogen-bond donors (Lipinski definition) is 1. The zero-order chi connectivity index (χ0) is 20.9. The molecule has 0 saturated heterocycles. The predicted octanol–water partition coefficient (Wildman–Crippen LogP) is 4.55. The molecule has 0 unspecified atom stereocenters. The summed E-state index contributed by atoms with van der Waals surface area (Å²) in [5, 5.41) is 12.3. The average Bonchev–Trinajstić information content (AvgIpc) is 3.10. The molecule has 0 aliphatic heterocycles. The summed E-state index contributed by atoms with van der Waals surface area (Å²) in [5.41, 5.74) is 2.76. The summed E-state index contributed by atoms with van der Waals surface area (Å²) >= 11 is 1.35. The van der Waals surface area contributed by atoms with Gasteiger partial charge in [0.1, 0.15) is 0 Å². The lowest BCUT2D eigenvalue weighted by Gasteiger charge is -2.22. The topological polar surface area (TPSA) is 72.7 Å². The summed E-state index contributed by atoms with van der Waals surface area (Å²) in [6, 6.07) is 11.7. The van der Waals surface area contributed by atoms with Gasteiger partial charge in [0.05, 0.1) is 5.75 Å². The minimum Gasteiger partial charge on any atom is -0.325 e. The third kappa shape index (κ3) is 5.12. The van der Waals surface area contributed by atoms with Crippen LogP contribution in [0.3, 0.4) is 0 Å². The Hall–Kier alpha value is -2.93. The van der Waals surface area contributed by atoms with Crippen LogP contribution in [0.1, 0.15) is 26.3 Å². The number of thioether (sulfide) groups is 1. The first-order chi connectivity index (χ1) is 13.9. The number of benzene rings is 1. The van der Waals surface area contributed by atoms with Crippen LogP contribution >= 0.6 is 11.8 Å². The van der Waals surface area contributed by atoms with Crippen molar-refractivity contribution in [3.63, 3.8) is 0 Å². The fourth-order valence-corrected chi connectivity index (χ4v) is 3.71. The van der Waals surface area contributed by atoms with Gasteiger partial charge in [0.2, 0.25) is 5.91 Å². The van der Waals surface area contributed by atoms with Gasteiger partial charge in [-0.05, 0) is 29.2 Å².